The van der Waals surface area contributed by atoms with Gasteiger partial charge in [-0.15, -0.1) is 0 Å². The van der Waals surface area contributed by atoms with Crippen molar-refractivity contribution in [3.8, 4) is 5.75 Å². The Labute approximate surface area is 184 Å². The lowest BCUT2D eigenvalue weighted by molar-refractivity contribution is 0.382. The van der Waals surface area contributed by atoms with Gasteiger partial charge in [-0.2, -0.15) is 4.31 Å². The minimum Gasteiger partial charge on any atom is -0.496 e. The second kappa shape index (κ2) is 8.63. The Hall–Kier alpha value is -2.39. The van der Waals surface area contributed by atoms with Crippen LogP contribution in [0.2, 0.25) is 0 Å². The van der Waals surface area contributed by atoms with Gasteiger partial charge in [0, 0.05) is 51.4 Å². The first-order chi connectivity index (χ1) is 14.8. The molecule has 0 radical (unpaired) electrons. The lowest BCUT2D eigenvalue weighted by atomic mass is 10.1. The first-order valence-electron chi connectivity index (χ1n) is 10.8. The Morgan fingerprint density at radius 1 is 0.806 bits per heavy atom. The van der Waals surface area contributed by atoms with Crippen molar-refractivity contribution < 1.29 is 13.2 Å². The molecule has 2 aromatic rings. The van der Waals surface area contributed by atoms with E-state index in [0.717, 1.165) is 41.7 Å². The molecular formula is C22H31N5O3S. The Kier molecular flexibility index (Phi) is 6.07. The predicted molar refractivity (Wildman–Crippen MR) is 122 cm³/mol. The van der Waals surface area contributed by atoms with Crippen LogP contribution in [0.4, 0.5) is 11.6 Å². The Morgan fingerprint density at radius 3 is 1.97 bits per heavy atom. The quantitative estimate of drug-likeness (QED) is 0.700. The molecule has 0 N–H and O–H groups in total. The van der Waals surface area contributed by atoms with Gasteiger partial charge in [-0.1, -0.05) is 6.07 Å². The van der Waals surface area contributed by atoms with Crippen LogP contribution in [0.5, 0.6) is 5.75 Å². The summed E-state index contributed by atoms with van der Waals surface area (Å²) in [4.78, 5) is 14.0. The molecule has 0 unspecified atom stereocenters. The van der Waals surface area contributed by atoms with E-state index >= 15 is 0 Å². The maximum Gasteiger partial charge on any atom is 0.243 e. The molecule has 0 spiro atoms. The molecule has 2 fully saturated rings. The highest BCUT2D eigenvalue weighted by atomic mass is 32.2. The molecule has 2 aliphatic rings. The molecule has 2 aliphatic heterocycles. The van der Waals surface area contributed by atoms with E-state index in [1.54, 1.807) is 17.5 Å². The number of sulfonamides is 1. The fourth-order valence-electron chi connectivity index (χ4n) is 4.42. The average molecular weight is 446 g/mol. The number of anilines is 2. The molecule has 168 valence electrons. The zero-order chi connectivity index (χ0) is 22.2. The number of aryl methyl sites for hydroxylation is 3. The van der Waals surface area contributed by atoms with Crippen LogP contribution in [0.25, 0.3) is 0 Å². The molecule has 0 amide bonds. The van der Waals surface area contributed by atoms with E-state index in [-0.39, 0.29) is 0 Å². The summed E-state index contributed by atoms with van der Waals surface area (Å²) in [5, 5.41) is 0. The van der Waals surface area contributed by atoms with Gasteiger partial charge in [0.15, 0.2) is 0 Å². The van der Waals surface area contributed by atoms with Gasteiger partial charge in [-0.3, -0.25) is 0 Å². The van der Waals surface area contributed by atoms with E-state index in [2.05, 4.69) is 19.8 Å². The highest BCUT2D eigenvalue weighted by Gasteiger charge is 2.31. The van der Waals surface area contributed by atoms with Gasteiger partial charge in [0.05, 0.1) is 12.0 Å². The van der Waals surface area contributed by atoms with Crippen molar-refractivity contribution in [2.45, 2.75) is 38.5 Å². The van der Waals surface area contributed by atoms with Crippen molar-refractivity contribution in [1.29, 1.82) is 0 Å². The SMILES string of the molecule is COc1cc(S(=O)(=O)N2CCN(c3cc(N4CCCC4)nc(C)n3)CC2)c(C)cc1C. The van der Waals surface area contributed by atoms with Gasteiger partial charge in [0.1, 0.15) is 23.2 Å². The molecule has 0 aliphatic carbocycles. The number of nitrogens with zero attached hydrogens (tertiary/aromatic N) is 5. The molecule has 2 saturated heterocycles. The predicted octanol–water partition coefficient (Wildman–Crippen LogP) is 2.52. The summed E-state index contributed by atoms with van der Waals surface area (Å²) in [6.07, 6.45) is 2.39. The number of methoxy groups -OCH3 is 1. The Bertz CT molecular complexity index is 1060. The van der Waals surface area contributed by atoms with Crippen LogP contribution in [-0.2, 0) is 10.0 Å². The monoisotopic (exact) mass is 445 g/mol. The third kappa shape index (κ3) is 4.34. The fraction of sp³-hybridized carbons (Fsp3) is 0.545. The zero-order valence-corrected chi connectivity index (χ0v) is 19.6. The molecular weight excluding hydrogens is 414 g/mol. The van der Waals surface area contributed by atoms with Gasteiger partial charge < -0.3 is 14.5 Å². The Morgan fingerprint density at radius 2 is 1.39 bits per heavy atom. The summed E-state index contributed by atoms with van der Waals surface area (Å²) in [5.41, 5.74) is 1.67. The lowest BCUT2D eigenvalue weighted by Gasteiger charge is -2.35. The molecule has 3 heterocycles. The van der Waals surface area contributed by atoms with E-state index < -0.39 is 10.0 Å². The maximum atomic E-state index is 13.3. The average Bonchev–Trinajstić information content (AvgIpc) is 3.28. The maximum absolute atomic E-state index is 13.3. The molecule has 0 saturated carbocycles. The number of benzene rings is 1. The molecule has 0 atom stereocenters. The molecule has 31 heavy (non-hydrogen) atoms. The van der Waals surface area contributed by atoms with Gasteiger partial charge >= 0.3 is 0 Å². The second-order valence-electron chi connectivity index (χ2n) is 8.30. The molecule has 8 nitrogen and oxygen atoms in total. The van der Waals surface area contributed by atoms with Crippen molar-refractivity contribution in [2.75, 3.05) is 56.2 Å². The third-order valence-electron chi connectivity index (χ3n) is 6.11. The largest absolute Gasteiger partial charge is 0.496 e. The summed E-state index contributed by atoms with van der Waals surface area (Å²) in [5.74, 6) is 3.18. The van der Waals surface area contributed by atoms with Crippen molar-refractivity contribution in [3.05, 3.63) is 35.2 Å². The lowest BCUT2D eigenvalue weighted by Crippen LogP contribution is -2.49. The summed E-state index contributed by atoms with van der Waals surface area (Å²) < 4.78 is 33.6. The van der Waals surface area contributed by atoms with Crippen molar-refractivity contribution >= 4 is 21.7 Å². The fourth-order valence-corrected chi connectivity index (χ4v) is 6.06. The standard InChI is InChI=1S/C22H31N5O3S/c1-16-13-17(2)20(14-19(16)30-4)31(28,29)27-11-9-26(10-12-27)22-15-21(23-18(3)24-22)25-7-5-6-8-25/h13-15H,5-12H2,1-4H3. The number of hydrogen-bond acceptors (Lipinski definition) is 7. The number of aromatic nitrogens is 2. The number of piperazine rings is 1. The highest BCUT2D eigenvalue weighted by Crippen LogP contribution is 2.29. The van der Waals surface area contributed by atoms with E-state index in [4.69, 9.17) is 4.74 Å². The first kappa shape index (κ1) is 21.8. The zero-order valence-electron chi connectivity index (χ0n) is 18.8. The molecule has 9 heteroatoms. The number of hydrogen-bond donors (Lipinski definition) is 0. The number of ether oxygens (including phenoxy) is 1. The molecule has 1 aromatic heterocycles. The Balaban J connectivity index is 1.51. The second-order valence-corrected chi connectivity index (χ2v) is 10.2. The van der Waals surface area contributed by atoms with Gasteiger partial charge in [0.2, 0.25) is 10.0 Å². The summed E-state index contributed by atoms with van der Waals surface area (Å²) in [7, 11) is -2.03. The topological polar surface area (TPSA) is 78.9 Å². The van der Waals surface area contributed by atoms with Crippen LogP contribution < -0.4 is 14.5 Å². The normalized spacial score (nSPS) is 17.9. The minimum absolute atomic E-state index is 0.317. The first-order valence-corrected chi connectivity index (χ1v) is 12.2. The van der Waals surface area contributed by atoms with Crippen molar-refractivity contribution in [3.63, 3.8) is 0 Å². The van der Waals surface area contributed by atoms with Crippen LogP contribution in [0, 0.1) is 20.8 Å². The van der Waals surface area contributed by atoms with E-state index in [1.807, 2.05) is 32.9 Å². The van der Waals surface area contributed by atoms with Gasteiger partial charge in [-0.05, 0) is 44.7 Å². The molecule has 4 rings (SSSR count). The van der Waals surface area contributed by atoms with Crippen molar-refractivity contribution in [2.24, 2.45) is 0 Å². The summed E-state index contributed by atoms with van der Waals surface area (Å²) >= 11 is 0. The smallest absolute Gasteiger partial charge is 0.243 e. The molecule has 1 aromatic carbocycles. The van der Waals surface area contributed by atoms with Gasteiger partial charge in [0.25, 0.3) is 0 Å². The highest BCUT2D eigenvalue weighted by molar-refractivity contribution is 7.89. The van der Waals surface area contributed by atoms with Crippen LogP contribution >= 0.6 is 0 Å². The van der Waals surface area contributed by atoms with E-state index in [1.165, 1.54) is 12.8 Å². The number of rotatable bonds is 5. The van der Waals surface area contributed by atoms with E-state index in [9.17, 15) is 8.42 Å². The summed E-state index contributed by atoms with van der Waals surface area (Å²) in [6, 6.07) is 5.55. The van der Waals surface area contributed by atoms with Crippen LogP contribution in [0.3, 0.4) is 0 Å². The van der Waals surface area contributed by atoms with Crippen LogP contribution in [0.15, 0.2) is 23.1 Å². The molecule has 0 bridgehead atoms. The van der Waals surface area contributed by atoms with Crippen LogP contribution in [0.1, 0.15) is 29.8 Å². The summed E-state index contributed by atoms with van der Waals surface area (Å²) in [6.45, 7) is 9.74. The van der Waals surface area contributed by atoms with Crippen LogP contribution in [-0.4, -0.2) is 69.1 Å². The third-order valence-corrected chi connectivity index (χ3v) is 8.15. The van der Waals surface area contributed by atoms with Gasteiger partial charge in [-0.25, -0.2) is 18.4 Å². The minimum atomic E-state index is -3.59. The van der Waals surface area contributed by atoms with E-state index in [0.29, 0.717) is 36.8 Å². The van der Waals surface area contributed by atoms with Crippen molar-refractivity contribution in [1.82, 2.24) is 14.3 Å².